The first-order valence-electron chi connectivity index (χ1n) is 10.2. The van der Waals surface area contributed by atoms with Crippen LogP contribution < -0.4 is 16.6 Å². The SMILES string of the molecule is CSCC[C@@H](C(=O)NCCc1c[nH]c2ccccc12)n1c(=O)[nH]c2ccccc2c1=O. The average Bonchev–Trinajstić information content (AvgIpc) is 3.19. The molecule has 2 aromatic heterocycles. The lowest BCUT2D eigenvalue weighted by molar-refractivity contribution is -0.124. The Bertz CT molecular complexity index is 1340. The third-order valence-corrected chi connectivity index (χ3v) is 6.06. The fourth-order valence-corrected chi connectivity index (χ4v) is 4.30. The lowest BCUT2D eigenvalue weighted by Crippen LogP contribution is -2.45. The van der Waals surface area contributed by atoms with Crippen molar-refractivity contribution in [2.45, 2.75) is 18.9 Å². The molecule has 0 aliphatic heterocycles. The van der Waals surface area contributed by atoms with Gasteiger partial charge >= 0.3 is 5.69 Å². The number of nitrogens with one attached hydrogen (secondary N) is 3. The average molecular weight is 437 g/mol. The number of thioether (sulfide) groups is 1. The van der Waals surface area contributed by atoms with Crippen LogP contribution in [-0.4, -0.2) is 39.0 Å². The molecule has 0 fully saturated rings. The van der Waals surface area contributed by atoms with E-state index < -0.39 is 17.3 Å². The normalized spacial score (nSPS) is 12.3. The maximum absolute atomic E-state index is 13.0. The fraction of sp³-hybridized carbons (Fsp3) is 0.261. The van der Waals surface area contributed by atoms with E-state index in [0.29, 0.717) is 36.0 Å². The molecule has 0 unspecified atom stereocenters. The van der Waals surface area contributed by atoms with Crippen LogP contribution in [0, 0.1) is 0 Å². The minimum Gasteiger partial charge on any atom is -0.361 e. The lowest BCUT2D eigenvalue weighted by atomic mass is 10.1. The lowest BCUT2D eigenvalue weighted by Gasteiger charge is -2.18. The Balaban J connectivity index is 1.56. The first-order chi connectivity index (χ1) is 15.1. The minimum absolute atomic E-state index is 0.322. The Morgan fingerprint density at radius 2 is 1.77 bits per heavy atom. The summed E-state index contributed by atoms with van der Waals surface area (Å²) in [6.07, 6.45) is 4.91. The van der Waals surface area contributed by atoms with Gasteiger partial charge in [0.25, 0.3) is 5.56 Å². The molecule has 0 aliphatic rings. The predicted molar refractivity (Wildman–Crippen MR) is 126 cm³/mol. The number of amides is 1. The molecule has 4 rings (SSSR count). The molecule has 31 heavy (non-hydrogen) atoms. The zero-order valence-corrected chi connectivity index (χ0v) is 18.0. The van der Waals surface area contributed by atoms with Crippen molar-refractivity contribution in [1.29, 1.82) is 0 Å². The summed E-state index contributed by atoms with van der Waals surface area (Å²) in [5.41, 5.74) is 1.61. The molecule has 0 bridgehead atoms. The number of aromatic amines is 2. The van der Waals surface area contributed by atoms with Crippen LogP contribution in [0.5, 0.6) is 0 Å². The fourth-order valence-electron chi connectivity index (χ4n) is 3.84. The Hall–Kier alpha value is -3.26. The van der Waals surface area contributed by atoms with Gasteiger partial charge in [-0.1, -0.05) is 30.3 Å². The van der Waals surface area contributed by atoms with Crippen molar-refractivity contribution in [3.8, 4) is 0 Å². The van der Waals surface area contributed by atoms with Crippen LogP contribution in [-0.2, 0) is 11.2 Å². The predicted octanol–water partition coefficient (Wildman–Crippen LogP) is 2.82. The second kappa shape index (κ2) is 9.26. The van der Waals surface area contributed by atoms with Gasteiger partial charge in [0.15, 0.2) is 0 Å². The highest BCUT2D eigenvalue weighted by atomic mass is 32.2. The minimum atomic E-state index is -0.865. The number of hydrogen-bond donors (Lipinski definition) is 3. The second-order valence-electron chi connectivity index (χ2n) is 7.35. The number of para-hydroxylation sites is 2. The molecule has 2 aromatic carbocycles. The highest BCUT2D eigenvalue weighted by Crippen LogP contribution is 2.18. The molecule has 1 atom stereocenters. The topological polar surface area (TPSA) is 99.8 Å². The van der Waals surface area contributed by atoms with Gasteiger partial charge < -0.3 is 15.3 Å². The first kappa shape index (κ1) is 21.0. The van der Waals surface area contributed by atoms with Gasteiger partial charge in [-0.2, -0.15) is 11.8 Å². The summed E-state index contributed by atoms with van der Waals surface area (Å²) in [5.74, 6) is 0.330. The van der Waals surface area contributed by atoms with Gasteiger partial charge in [-0.05, 0) is 48.6 Å². The summed E-state index contributed by atoms with van der Waals surface area (Å²) >= 11 is 1.57. The molecule has 160 valence electrons. The zero-order valence-electron chi connectivity index (χ0n) is 17.2. The molecule has 1 amide bonds. The molecule has 0 aliphatic carbocycles. The molecule has 0 radical (unpaired) electrons. The Kier molecular flexibility index (Phi) is 6.27. The maximum atomic E-state index is 13.0. The third kappa shape index (κ3) is 4.29. The first-order valence-corrected chi connectivity index (χ1v) is 11.5. The van der Waals surface area contributed by atoms with E-state index in [9.17, 15) is 14.4 Å². The number of rotatable bonds is 8. The van der Waals surface area contributed by atoms with Gasteiger partial charge in [0.05, 0.1) is 10.9 Å². The van der Waals surface area contributed by atoms with E-state index in [2.05, 4.69) is 15.3 Å². The molecule has 0 saturated carbocycles. The Morgan fingerprint density at radius 1 is 1.06 bits per heavy atom. The highest BCUT2D eigenvalue weighted by molar-refractivity contribution is 7.98. The van der Waals surface area contributed by atoms with Crippen LogP contribution in [0.3, 0.4) is 0 Å². The van der Waals surface area contributed by atoms with E-state index in [1.54, 1.807) is 36.0 Å². The number of aromatic nitrogens is 3. The molecule has 7 nitrogen and oxygen atoms in total. The summed E-state index contributed by atoms with van der Waals surface area (Å²) in [6.45, 7) is 0.413. The molecular weight excluding hydrogens is 412 g/mol. The molecule has 8 heteroatoms. The Morgan fingerprint density at radius 3 is 2.55 bits per heavy atom. The van der Waals surface area contributed by atoms with Gasteiger partial charge in [-0.25, -0.2) is 9.36 Å². The summed E-state index contributed by atoms with van der Waals surface area (Å²) < 4.78 is 1.06. The molecule has 2 heterocycles. The molecular formula is C23H24N4O3S. The van der Waals surface area contributed by atoms with Crippen molar-refractivity contribution in [2.75, 3.05) is 18.6 Å². The van der Waals surface area contributed by atoms with Crippen LogP contribution in [0.15, 0.2) is 64.3 Å². The smallest absolute Gasteiger partial charge is 0.329 e. The van der Waals surface area contributed by atoms with Gasteiger partial charge in [-0.15, -0.1) is 0 Å². The van der Waals surface area contributed by atoms with Gasteiger partial charge in [0.1, 0.15) is 6.04 Å². The van der Waals surface area contributed by atoms with Crippen LogP contribution >= 0.6 is 11.8 Å². The van der Waals surface area contributed by atoms with Crippen molar-refractivity contribution < 1.29 is 4.79 Å². The van der Waals surface area contributed by atoms with Crippen LogP contribution in [0.25, 0.3) is 21.8 Å². The Labute approximate surface area is 182 Å². The number of nitrogens with zero attached hydrogens (tertiary/aromatic N) is 1. The maximum Gasteiger partial charge on any atom is 0.329 e. The van der Waals surface area contributed by atoms with E-state index in [4.69, 9.17) is 0 Å². The number of hydrogen-bond acceptors (Lipinski definition) is 4. The second-order valence-corrected chi connectivity index (χ2v) is 8.33. The summed E-state index contributed by atoms with van der Waals surface area (Å²) in [5, 5.41) is 4.44. The van der Waals surface area contributed by atoms with E-state index in [0.717, 1.165) is 21.0 Å². The van der Waals surface area contributed by atoms with E-state index in [1.165, 1.54) is 0 Å². The van der Waals surface area contributed by atoms with Gasteiger partial charge in [0.2, 0.25) is 5.91 Å². The van der Waals surface area contributed by atoms with Crippen molar-refractivity contribution in [3.63, 3.8) is 0 Å². The van der Waals surface area contributed by atoms with Crippen LogP contribution in [0.4, 0.5) is 0 Å². The zero-order chi connectivity index (χ0) is 21.8. The van der Waals surface area contributed by atoms with Crippen LogP contribution in [0.1, 0.15) is 18.0 Å². The van der Waals surface area contributed by atoms with Crippen molar-refractivity contribution in [1.82, 2.24) is 19.9 Å². The van der Waals surface area contributed by atoms with E-state index in [-0.39, 0.29) is 5.91 Å². The number of benzene rings is 2. The summed E-state index contributed by atoms with van der Waals surface area (Å²) in [7, 11) is 0. The van der Waals surface area contributed by atoms with E-state index >= 15 is 0 Å². The number of carbonyl (C=O) groups excluding carboxylic acids is 1. The molecule has 4 aromatic rings. The van der Waals surface area contributed by atoms with Gasteiger partial charge in [0, 0.05) is 23.6 Å². The molecule has 3 N–H and O–H groups in total. The quantitative estimate of drug-likeness (QED) is 0.395. The largest absolute Gasteiger partial charge is 0.361 e. The summed E-state index contributed by atoms with van der Waals surface area (Å²) in [4.78, 5) is 44.7. The molecule has 0 saturated heterocycles. The summed E-state index contributed by atoms with van der Waals surface area (Å²) in [6, 6.07) is 14.0. The highest BCUT2D eigenvalue weighted by Gasteiger charge is 2.24. The monoisotopic (exact) mass is 436 g/mol. The van der Waals surface area contributed by atoms with Crippen molar-refractivity contribution >= 4 is 39.5 Å². The third-order valence-electron chi connectivity index (χ3n) is 5.41. The van der Waals surface area contributed by atoms with Crippen LogP contribution in [0.2, 0.25) is 0 Å². The van der Waals surface area contributed by atoms with Crippen molar-refractivity contribution in [2.24, 2.45) is 0 Å². The number of carbonyl (C=O) groups is 1. The molecule has 0 spiro atoms. The number of fused-ring (bicyclic) bond motifs is 2. The van der Waals surface area contributed by atoms with E-state index in [1.807, 2.05) is 36.7 Å². The standard InChI is InChI=1S/C23H24N4O3S/c1-31-13-11-20(27-22(29)17-7-3-5-9-19(17)26-23(27)30)21(28)24-12-10-15-14-25-18-8-4-2-6-16(15)18/h2-9,14,20,25H,10-13H2,1H3,(H,24,28)(H,26,30)/t20-/m0/s1. The van der Waals surface area contributed by atoms with Crippen molar-refractivity contribution in [3.05, 3.63) is 81.1 Å². The number of H-pyrrole nitrogens is 2. The van der Waals surface area contributed by atoms with Gasteiger partial charge in [-0.3, -0.25) is 9.59 Å².